The zero-order chi connectivity index (χ0) is 15.2. The summed E-state index contributed by atoms with van der Waals surface area (Å²) < 4.78 is 6.35. The normalized spacial score (nSPS) is 10.4. The number of rotatable bonds is 6. The van der Waals surface area contributed by atoms with Gasteiger partial charge in [0.15, 0.2) is 0 Å². The van der Waals surface area contributed by atoms with Gasteiger partial charge < -0.3 is 15.4 Å². The molecule has 0 saturated heterocycles. The van der Waals surface area contributed by atoms with Crippen molar-refractivity contribution in [1.82, 2.24) is 15.6 Å². The molecular formula is C14H16BrN3O2S. The number of halogens is 1. The largest absolute Gasteiger partial charge is 0.496 e. The van der Waals surface area contributed by atoms with Crippen molar-refractivity contribution in [3.05, 3.63) is 33.7 Å². The van der Waals surface area contributed by atoms with E-state index in [2.05, 4.69) is 31.5 Å². The molecule has 0 atom stereocenters. The van der Waals surface area contributed by atoms with Crippen molar-refractivity contribution in [2.45, 2.75) is 6.54 Å². The second-order valence-electron chi connectivity index (χ2n) is 4.27. The van der Waals surface area contributed by atoms with E-state index >= 15 is 0 Å². The predicted octanol–water partition coefficient (Wildman–Crippen LogP) is 2.42. The van der Waals surface area contributed by atoms with E-state index in [4.69, 9.17) is 4.74 Å². The fourth-order valence-electron chi connectivity index (χ4n) is 1.75. The van der Waals surface area contributed by atoms with Crippen molar-refractivity contribution in [1.29, 1.82) is 0 Å². The number of methoxy groups -OCH3 is 1. The number of nitrogens with zero attached hydrogens (tertiary/aromatic N) is 1. The maximum atomic E-state index is 11.1. The summed E-state index contributed by atoms with van der Waals surface area (Å²) in [5, 5.41) is 8.48. The van der Waals surface area contributed by atoms with Gasteiger partial charge in [0, 0.05) is 23.4 Å². The average molecular weight is 370 g/mol. The van der Waals surface area contributed by atoms with Crippen molar-refractivity contribution in [2.24, 2.45) is 0 Å². The van der Waals surface area contributed by atoms with Gasteiger partial charge in [0.05, 0.1) is 24.9 Å². The van der Waals surface area contributed by atoms with Gasteiger partial charge in [0.25, 0.3) is 0 Å². The van der Waals surface area contributed by atoms with Crippen molar-refractivity contribution in [3.63, 3.8) is 0 Å². The van der Waals surface area contributed by atoms with Crippen LogP contribution in [-0.4, -0.2) is 31.6 Å². The van der Waals surface area contributed by atoms with Gasteiger partial charge in [0.2, 0.25) is 5.91 Å². The van der Waals surface area contributed by atoms with Crippen molar-refractivity contribution in [2.75, 3.05) is 20.7 Å². The van der Waals surface area contributed by atoms with Crippen LogP contribution >= 0.6 is 27.3 Å². The van der Waals surface area contributed by atoms with Crippen LogP contribution in [0.2, 0.25) is 0 Å². The number of hydrogen-bond donors (Lipinski definition) is 2. The highest BCUT2D eigenvalue weighted by Crippen LogP contribution is 2.34. The number of amides is 1. The molecule has 0 unspecified atom stereocenters. The lowest BCUT2D eigenvalue weighted by atomic mass is 10.2. The molecule has 112 valence electrons. The second-order valence-corrected chi connectivity index (χ2v) is 6.04. The molecule has 1 heterocycles. The fraction of sp³-hybridized carbons (Fsp3) is 0.286. The number of likely N-dealkylation sites (N-methyl/N-ethyl adjacent to an activating group) is 1. The molecule has 1 amide bonds. The Bertz CT molecular complexity index is 630. The number of nitrogens with one attached hydrogen (secondary N) is 2. The van der Waals surface area contributed by atoms with Crippen molar-refractivity contribution >= 4 is 33.2 Å². The summed E-state index contributed by atoms with van der Waals surface area (Å²) in [4.78, 5) is 15.7. The monoisotopic (exact) mass is 369 g/mol. The molecule has 0 spiro atoms. The van der Waals surface area contributed by atoms with Gasteiger partial charge in [-0.3, -0.25) is 4.79 Å². The first kappa shape index (κ1) is 15.9. The minimum atomic E-state index is -0.0425. The Kier molecular flexibility index (Phi) is 5.72. The van der Waals surface area contributed by atoms with E-state index in [9.17, 15) is 4.79 Å². The van der Waals surface area contributed by atoms with Gasteiger partial charge in [-0.05, 0) is 18.2 Å². The van der Waals surface area contributed by atoms with Gasteiger partial charge in [-0.15, -0.1) is 11.3 Å². The standard InChI is InChI=1S/C14H16BrN3O2S/c1-16-13(19)7-17-6-10-8-21-14(18-10)11-5-9(15)3-4-12(11)20-2/h3-5,8,17H,6-7H2,1-2H3,(H,16,19). The third-order valence-corrected chi connectivity index (χ3v) is 4.23. The molecule has 5 nitrogen and oxygen atoms in total. The number of aromatic nitrogens is 1. The molecule has 2 rings (SSSR count). The molecule has 0 fully saturated rings. The maximum Gasteiger partial charge on any atom is 0.233 e. The third-order valence-electron chi connectivity index (χ3n) is 2.81. The number of hydrogen-bond acceptors (Lipinski definition) is 5. The van der Waals surface area contributed by atoms with E-state index < -0.39 is 0 Å². The first-order valence-corrected chi connectivity index (χ1v) is 8.01. The van der Waals surface area contributed by atoms with E-state index in [1.165, 1.54) is 0 Å². The summed E-state index contributed by atoms with van der Waals surface area (Å²) in [6, 6.07) is 5.82. The number of carbonyl (C=O) groups is 1. The molecule has 2 N–H and O–H groups in total. The molecule has 0 aliphatic carbocycles. The first-order valence-electron chi connectivity index (χ1n) is 6.33. The van der Waals surface area contributed by atoms with Crippen LogP contribution < -0.4 is 15.4 Å². The van der Waals surface area contributed by atoms with Crippen molar-refractivity contribution < 1.29 is 9.53 Å². The third kappa shape index (κ3) is 4.26. The molecule has 1 aromatic carbocycles. The van der Waals surface area contributed by atoms with Crippen molar-refractivity contribution in [3.8, 4) is 16.3 Å². The SMILES string of the molecule is CNC(=O)CNCc1csc(-c2cc(Br)ccc2OC)n1. The zero-order valence-electron chi connectivity index (χ0n) is 11.8. The Morgan fingerprint density at radius 1 is 1.48 bits per heavy atom. The smallest absolute Gasteiger partial charge is 0.233 e. The molecule has 0 aliphatic heterocycles. The maximum absolute atomic E-state index is 11.1. The molecule has 21 heavy (non-hydrogen) atoms. The number of carbonyl (C=O) groups excluding carboxylic acids is 1. The van der Waals surface area contributed by atoms with Gasteiger partial charge in [-0.25, -0.2) is 4.98 Å². The Labute approximate surface area is 135 Å². The molecule has 0 radical (unpaired) electrons. The van der Waals surface area contributed by atoms with E-state index in [0.717, 1.165) is 26.5 Å². The summed E-state index contributed by atoms with van der Waals surface area (Å²) >= 11 is 5.01. The first-order chi connectivity index (χ1) is 10.1. The Morgan fingerprint density at radius 2 is 2.29 bits per heavy atom. The van der Waals surface area contributed by atoms with E-state index in [-0.39, 0.29) is 12.5 Å². The zero-order valence-corrected chi connectivity index (χ0v) is 14.2. The van der Waals surface area contributed by atoms with Gasteiger partial charge >= 0.3 is 0 Å². The lowest BCUT2D eigenvalue weighted by molar-refractivity contribution is -0.119. The van der Waals surface area contributed by atoms with Crippen LogP contribution in [0.5, 0.6) is 5.75 Å². The highest BCUT2D eigenvalue weighted by Gasteiger charge is 2.11. The van der Waals surface area contributed by atoms with Crippen LogP contribution in [0.4, 0.5) is 0 Å². The molecule has 2 aromatic rings. The highest BCUT2D eigenvalue weighted by atomic mass is 79.9. The lowest BCUT2D eigenvalue weighted by Crippen LogP contribution is -2.31. The number of thiazole rings is 1. The summed E-state index contributed by atoms with van der Waals surface area (Å²) in [7, 11) is 3.26. The average Bonchev–Trinajstić information content (AvgIpc) is 2.95. The van der Waals surface area contributed by atoms with Gasteiger partial charge in [-0.2, -0.15) is 0 Å². The molecule has 0 aliphatic rings. The highest BCUT2D eigenvalue weighted by molar-refractivity contribution is 9.10. The van der Waals surface area contributed by atoms with Gasteiger partial charge in [-0.1, -0.05) is 15.9 Å². The summed E-state index contributed by atoms with van der Waals surface area (Å²) in [5.41, 5.74) is 1.86. The Balaban J connectivity index is 2.09. The molecule has 0 saturated carbocycles. The summed E-state index contributed by atoms with van der Waals surface area (Å²) in [6.45, 7) is 0.837. The number of benzene rings is 1. The van der Waals surface area contributed by atoms with Crippen LogP contribution in [0.3, 0.4) is 0 Å². The number of ether oxygens (including phenoxy) is 1. The lowest BCUT2D eigenvalue weighted by Gasteiger charge is -2.06. The van der Waals surface area contributed by atoms with E-state index in [1.54, 1.807) is 25.5 Å². The van der Waals surface area contributed by atoms with E-state index in [0.29, 0.717) is 6.54 Å². The quantitative estimate of drug-likeness (QED) is 0.820. The minimum absolute atomic E-state index is 0.0425. The molecule has 0 bridgehead atoms. The van der Waals surface area contributed by atoms with E-state index in [1.807, 2.05) is 23.6 Å². The predicted molar refractivity (Wildman–Crippen MR) is 87.6 cm³/mol. The topological polar surface area (TPSA) is 63.2 Å². The molecular weight excluding hydrogens is 354 g/mol. The Hall–Kier alpha value is -1.44. The van der Waals surface area contributed by atoms with Crippen LogP contribution in [0.1, 0.15) is 5.69 Å². The molecule has 1 aromatic heterocycles. The second kappa shape index (κ2) is 7.53. The summed E-state index contributed by atoms with van der Waals surface area (Å²) in [6.07, 6.45) is 0. The fourth-order valence-corrected chi connectivity index (χ4v) is 2.95. The minimum Gasteiger partial charge on any atom is -0.496 e. The summed E-state index contributed by atoms with van der Waals surface area (Å²) in [5.74, 6) is 0.747. The van der Waals surface area contributed by atoms with Gasteiger partial charge in [0.1, 0.15) is 10.8 Å². The van der Waals surface area contributed by atoms with Crippen LogP contribution in [-0.2, 0) is 11.3 Å². The molecule has 7 heteroatoms. The Morgan fingerprint density at radius 3 is 3.00 bits per heavy atom. The van der Waals surface area contributed by atoms with Crippen LogP contribution in [0, 0.1) is 0 Å². The van der Waals surface area contributed by atoms with Crippen LogP contribution in [0.15, 0.2) is 28.1 Å². The van der Waals surface area contributed by atoms with Crippen LogP contribution in [0.25, 0.3) is 10.6 Å².